The summed E-state index contributed by atoms with van der Waals surface area (Å²) in [5.74, 6) is 0.0748. The van der Waals surface area contributed by atoms with Gasteiger partial charge < -0.3 is 4.74 Å². The minimum Gasteiger partial charge on any atom is -0.497 e. The van der Waals surface area contributed by atoms with Gasteiger partial charge in [-0.2, -0.15) is 0 Å². The van der Waals surface area contributed by atoms with Crippen molar-refractivity contribution in [2.75, 3.05) is 17.8 Å². The van der Waals surface area contributed by atoms with E-state index in [1.165, 1.54) is 28.4 Å². The van der Waals surface area contributed by atoms with Crippen molar-refractivity contribution in [3.8, 4) is 5.75 Å². The highest BCUT2D eigenvalue weighted by molar-refractivity contribution is 7.91. The van der Waals surface area contributed by atoms with E-state index in [4.69, 9.17) is 4.74 Å². The predicted molar refractivity (Wildman–Crippen MR) is 125 cm³/mol. The highest BCUT2D eigenvalue weighted by Crippen LogP contribution is 2.32. The summed E-state index contributed by atoms with van der Waals surface area (Å²) in [7, 11) is -1.99. The second-order valence-electron chi connectivity index (χ2n) is 7.05. The first-order chi connectivity index (χ1) is 15.5. The minimum absolute atomic E-state index is 0.156. The lowest BCUT2D eigenvalue weighted by atomic mass is 10.2. The molecule has 2 aromatic heterocycles. The van der Waals surface area contributed by atoms with Crippen LogP contribution in [0.25, 0.3) is 10.2 Å². The molecule has 2 heterocycles. The maximum absolute atomic E-state index is 13.2. The predicted octanol–water partition coefficient (Wildman–Crippen LogP) is 4.10. The van der Waals surface area contributed by atoms with Crippen LogP contribution in [-0.2, 0) is 21.2 Å². The highest BCUT2D eigenvalue weighted by Gasteiger charge is 2.23. The molecule has 2 aromatic carbocycles. The summed E-state index contributed by atoms with van der Waals surface area (Å²) in [4.78, 5) is 23.7. The molecule has 4 aromatic rings. The van der Waals surface area contributed by atoms with Crippen LogP contribution in [0.1, 0.15) is 12.0 Å². The second kappa shape index (κ2) is 9.46. The number of hydrogen-bond donors (Lipinski definition) is 0. The monoisotopic (exact) mass is 467 g/mol. The fourth-order valence-corrected chi connectivity index (χ4v) is 5.39. The summed E-state index contributed by atoms with van der Waals surface area (Å²) in [6.45, 7) is 0.245. The molecule has 164 valence electrons. The fourth-order valence-electron chi connectivity index (χ4n) is 3.18. The zero-order valence-corrected chi connectivity index (χ0v) is 19.0. The van der Waals surface area contributed by atoms with Crippen molar-refractivity contribution in [3.63, 3.8) is 0 Å². The van der Waals surface area contributed by atoms with Gasteiger partial charge in [-0.25, -0.2) is 13.4 Å². The summed E-state index contributed by atoms with van der Waals surface area (Å²) >= 11 is 1.37. The summed E-state index contributed by atoms with van der Waals surface area (Å²) in [5, 5.41) is 0.499. The third-order valence-corrected chi connectivity index (χ3v) is 7.66. The molecular formula is C23H21N3O4S2. The Bertz CT molecular complexity index is 1320. The number of methoxy groups -OCH3 is 1. The van der Waals surface area contributed by atoms with Crippen LogP contribution in [0, 0.1) is 0 Å². The molecule has 9 heteroatoms. The average Bonchev–Trinajstić information content (AvgIpc) is 3.25. The minimum atomic E-state index is -3.57. The zero-order valence-electron chi connectivity index (χ0n) is 17.3. The third-order valence-electron chi connectivity index (χ3n) is 4.87. The van der Waals surface area contributed by atoms with Crippen LogP contribution in [0.15, 0.2) is 78.0 Å². The van der Waals surface area contributed by atoms with Crippen LogP contribution >= 0.6 is 11.3 Å². The number of fused-ring (bicyclic) bond motifs is 1. The zero-order chi connectivity index (χ0) is 22.6. The smallest absolute Gasteiger partial charge is 0.230 e. The summed E-state index contributed by atoms with van der Waals surface area (Å²) in [6, 6.07) is 17.3. The number of ether oxygens (including phenoxy) is 1. The Morgan fingerprint density at radius 2 is 1.91 bits per heavy atom. The Morgan fingerprint density at radius 1 is 1.09 bits per heavy atom. The van der Waals surface area contributed by atoms with Gasteiger partial charge in [-0.3, -0.25) is 14.7 Å². The van der Waals surface area contributed by atoms with E-state index in [0.29, 0.717) is 16.4 Å². The Labute approximate surface area is 190 Å². The molecule has 0 saturated carbocycles. The van der Waals surface area contributed by atoms with Gasteiger partial charge in [0.15, 0.2) is 15.0 Å². The first-order valence-electron chi connectivity index (χ1n) is 9.88. The topological polar surface area (TPSA) is 89.5 Å². The molecule has 0 saturated heterocycles. The molecule has 0 radical (unpaired) electrons. The number of pyridine rings is 1. The van der Waals surface area contributed by atoms with Crippen LogP contribution in [0.2, 0.25) is 0 Å². The molecule has 0 aliphatic heterocycles. The van der Waals surface area contributed by atoms with Crippen molar-refractivity contribution in [3.05, 3.63) is 78.6 Å². The van der Waals surface area contributed by atoms with E-state index >= 15 is 0 Å². The molecule has 0 aliphatic carbocycles. The maximum atomic E-state index is 13.2. The molecule has 4 rings (SSSR count). The van der Waals surface area contributed by atoms with Crippen molar-refractivity contribution in [1.29, 1.82) is 0 Å². The van der Waals surface area contributed by atoms with Crippen molar-refractivity contribution in [2.45, 2.75) is 17.9 Å². The van der Waals surface area contributed by atoms with E-state index in [-0.39, 0.29) is 29.5 Å². The number of carbonyl (C=O) groups is 1. The van der Waals surface area contributed by atoms with Crippen LogP contribution in [0.3, 0.4) is 0 Å². The van der Waals surface area contributed by atoms with Crippen molar-refractivity contribution >= 4 is 42.4 Å². The van der Waals surface area contributed by atoms with Gasteiger partial charge in [-0.1, -0.05) is 35.6 Å². The maximum Gasteiger partial charge on any atom is 0.230 e. The van der Waals surface area contributed by atoms with Crippen molar-refractivity contribution < 1.29 is 17.9 Å². The number of amides is 1. The molecule has 0 spiro atoms. The molecular weight excluding hydrogens is 446 g/mol. The first kappa shape index (κ1) is 21.9. The van der Waals surface area contributed by atoms with Crippen LogP contribution in [0.4, 0.5) is 5.13 Å². The van der Waals surface area contributed by atoms with Crippen LogP contribution in [-0.4, -0.2) is 37.2 Å². The number of aromatic nitrogens is 2. The Morgan fingerprint density at radius 3 is 2.62 bits per heavy atom. The number of nitrogens with zero attached hydrogens (tertiary/aromatic N) is 3. The quantitative estimate of drug-likeness (QED) is 0.388. The number of anilines is 1. The van der Waals surface area contributed by atoms with E-state index in [9.17, 15) is 13.2 Å². The molecule has 1 amide bonds. The highest BCUT2D eigenvalue weighted by atomic mass is 32.2. The van der Waals surface area contributed by atoms with E-state index in [1.807, 2.05) is 24.3 Å². The standard InChI is InChI=1S/C23H21N3O4S2/c1-30-18-9-10-21-20(14-18)25-23(31-21)26(16-17-6-5-12-24-15-17)22(27)11-13-32(28,29)19-7-3-2-4-8-19/h2-10,12,14-15H,11,13,16H2,1H3. The lowest BCUT2D eigenvalue weighted by Gasteiger charge is -2.20. The summed E-state index contributed by atoms with van der Waals surface area (Å²) < 4.78 is 31.5. The summed E-state index contributed by atoms with van der Waals surface area (Å²) in [6.07, 6.45) is 3.18. The van der Waals surface area contributed by atoms with Gasteiger partial charge in [-0.15, -0.1) is 0 Å². The number of sulfone groups is 1. The number of rotatable bonds is 8. The first-order valence-corrected chi connectivity index (χ1v) is 12.3. The van der Waals surface area contributed by atoms with Gasteiger partial charge in [0.05, 0.1) is 34.5 Å². The van der Waals surface area contributed by atoms with Crippen LogP contribution < -0.4 is 9.64 Å². The van der Waals surface area contributed by atoms with E-state index in [2.05, 4.69) is 9.97 Å². The summed E-state index contributed by atoms with van der Waals surface area (Å²) in [5.41, 5.74) is 1.54. The van der Waals surface area contributed by atoms with E-state index in [1.54, 1.807) is 43.8 Å². The Hall–Kier alpha value is -3.30. The van der Waals surface area contributed by atoms with E-state index in [0.717, 1.165) is 10.3 Å². The van der Waals surface area contributed by atoms with Crippen molar-refractivity contribution in [2.24, 2.45) is 0 Å². The molecule has 0 bridgehead atoms. The molecule has 0 atom stereocenters. The van der Waals surface area contributed by atoms with Crippen LogP contribution in [0.5, 0.6) is 5.75 Å². The SMILES string of the molecule is COc1ccc2sc(N(Cc3cccnc3)C(=O)CCS(=O)(=O)c3ccccc3)nc2c1. The largest absolute Gasteiger partial charge is 0.497 e. The normalized spacial score (nSPS) is 11.4. The number of carbonyl (C=O) groups excluding carboxylic acids is 1. The molecule has 0 fully saturated rings. The van der Waals surface area contributed by atoms with E-state index < -0.39 is 9.84 Å². The Kier molecular flexibility index (Phi) is 6.48. The van der Waals surface area contributed by atoms with Gasteiger partial charge in [0.2, 0.25) is 5.91 Å². The Balaban J connectivity index is 1.61. The van der Waals surface area contributed by atoms with Gasteiger partial charge in [0, 0.05) is 24.9 Å². The molecule has 0 N–H and O–H groups in total. The lowest BCUT2D eigenvalue weighted by molar-refractivity contribution is -0.118. The van der Waals surface area contributed by atoms with Gasteiger partial charge in [0.1, 0.15) is 5.75 Å². The molecule has 0 aliphatic rings. The molecule has 32 heavy (non-hydrogen) atoms. The van der Waals surface area contributed by atoms with Gasteiger partial charge in [-0.05, 0) is 35.9 Å². The average molecular weight is 468 g/mol. The second-order valence-corrected chi connectivity index (χ2v) is 10.2. The van der Waals surface area contributed by atoms with Gasteiger partial charge >= 0.3 is 0 Å². The number of benzene rings is 2. The number of thiazole rings is 1. The molecule has 7 nitrogen and oxygen atoms in total. The lowest BCUT2D eigenvalue weighted by Crippen LogP contribution is -2.31. The molecule has 0 unspecified atom stereocenters. The fraction of sp³-hybridized carbons (Fsp3) is 0.174. The third kappa shape index (κ3) is 4.95. The van der Waals surface area contributed by atoms with Crippen molar-refractivity contribution in [1.82, 2.24) is 9.97 Å². The van der Waals surface area contributed by atoms with Gasteiger partial charge in [0.25, 0.3) is 0 Å². The number of hydrogen-bond acceptors (Lipinski definition) is 7.